The highest BCUT2D eigenvalue weighted by molar-refractivity contribution is 7.19. The Morgan fingerprint density at radius 2 is 1.86 bits per heavy atom. The highest BCUT2D eigenvalue weighted by Crippen LogP contribution is 2.40. The Bertz CT molecular complexity index is 1110. The van der Waals surface area contributed by atoms with Crippen LogP contribution in [0.1, 0.15) is 41.8 Å². The van der Waals surface area contributed by atoms with Crippen LogP contribution in [0.5, 0.6) is 0 Å². The van der Waals surface area contributed by atoms with Gasteiger partial charge < -0.3 is 5.32 Å². The van der Waals surface area contributed by atoms with Gasteiger partial charge in [-0.05, 0) is 55.9 Å². The molecule has 140 valence electrons. The molecular formula is C23H22N4S. The number of nitrogens with zero attached hydrogens (tertiary/aromatic N) is 3. The number of hydrogen-bond donors (Lipinski definition) is 1. The lowest BCUT2D eigenvalue weighted by atomic mass is 9.97. The van der Waals surface area contributed by atoms with Gasteiger partial charge in [-0.15, -0.1) is 11.3 Å². The Labute approximate surface area is 168 Å². The molecule has 0 amide bonds. The summed E-state index contributed by atoms with van der Waals surface area (Å²) < 4.78 is 0. The summed E-state index contributed by atoms with van der Waals surface area (Å²) in [6.07, 6.45) is 8.41. The van der Waals surface area contributed by atoms with Crippen LogP contribution in [0.25, 0.3) is 21.6 Å². The molecule has 1 aliphatic carbocycles. The molecule has 5 heteroatoms. The first-order chi connectivity index (χ1) is 13.8. The number of fused-ring (bicyclic) bond motifs is 3. The fraction of sp³-hybridized carbons (Fsp3) is 0.261. The number of aryl methyl sites for hydroxylation is 2. The molecule has 3 heterocycles. The minimum Gasteiger partial charge on any atom is -0.363 e. The van der Waals surface area contributed by atoms with Crippen molar-refractivity contribution in [3.05, 3.63) is 70.9 Å². The van der Waals surface area contributed by atoms with Crippen LogP contribution in [0.2, 0.25) is 0 Å². The van der Waals surface area contributed by atoms with Crippen molar-refractivity contribution in [1.82, 2.24) is 15.0 Å². The van der Waals surface area contributed by atoms with Gasteiger partial charge in [0.05, 0.1) is 5.39 Å². The molecular weight excluding hydrogens is 364 g/mol. The Morgan fingerprint density at radius 3 is 2.68 bits per heavy atom. The van der Waals surface area contributed by atoms with Crippen molar-refractivity contribution in [2.24, 2.45) is 0 Å². The lowest BCUT2D eigenvalue weighted by Crippen LogP contribution is -2.10. The van der Waals surface area contributed by atoms with Crippen LogP contribution in [0, 0.1) is 0 Å². The summed E-state index contributed by atoms with van der Waals surface area (Å²) in [7, 11) is 0. The maximum Gasteiger partial charge on any atom is 0.164 e. The third-order valence-electron chi connectivity index (χ3n) is 5.39. The van der Waals surface area contributed by atoms with Crippen LogP contribution in [-0.4, -0.2) is 15.0 Å². The van der Waals surface area contributed by atoms with E-state index in [0.717, 1.165) is 34.9 Å². The van der Waals surface area contributed by atoms with Crippen molar-refractivity contribution in [3.8, 4) is 11.4 Å². The fourth-order valence-electron chi connectivity index (χ4n) is 3.92. The SMILES string of the molecule is C[C@@H](Nc1nc(-c2cccnc2)nc2sc3c(c12)CCCC3)c1ccccc1. The molecule has 1 aromatic carbocycles. The largest absolute Gasteiger partial charge is 0.363 e. The predicted octanol–water partition coefficient (Wildman–Crippen LogP) is 5.81. The Hall–Kier alpha value is -2.79. The summed E-state index contributed by atoms with van der Waals surface area (Å²) in [5.41, 5.74) is 3.65. The van der Waals surface area contributed by atoms with Crippen molar-refractivity contribution >= 4 is 27.4 Å². The maximum absolute atomic E-state index is 4.96. The maximum atomic E-state index is 4.96. The summed E-state index contributed by atoms with van der Waals surface area (Å²) in [6, 6.07) is 14.6. The minimum atomic E-state index is 0.167. The van der Waals surface area contributed by atoms with E-state index in [1.807, 2.05) is 29.7 Å². The third-order valence-corrected chi connectivity index (χ3v) is 6.57. The van der Waals surface area contributed by atoms with E-state index in [9.17, 15) is 0 Å². The minimum absolute atomic E-state index is 0.167. The molecule has 0 radical (unpaired) electrons. The first kappa shape index (κ1) is 17.3. The Morgan fingerprint density at radius 1 is 1.00 bits per heavy atom. The molecule has 0 bridgehead atoms. The number of anilines is 1. The molecule has 0 spiro atoms. The number of thiophene rings is 1. The Kier molecular flexibility index (Phi) is 4.53. The normalized spacial score (nSPS) is 14.6. The molecule has 4 nitrogen and oxygen atoms in total. The van der Waals surface area contributed by atoms with E-state index in [1.165, 1.54) is 34.2 Å². The lowest BCUT2D eigenvalue weighted by Gasteiger charge is -2.18. The van der Waals surface area contributed by atoms with Gasteiger partial charge in [-0.3, -0.25) is 4.98 Å². The van der Waals surface area contributed by atoms with Gasteiger partial charge in [-0.25, -0.2) is 9.97 Å². The van der Waals surface area contributed by atoms with Gasteiger partial charge >= 0.3 is 0 Å². The second-order valence-corrected chi connectivity index (χ2v) is 8.39. The summed E-state index contributed by atoms with van der Waals surface area (Å²) in [6.45, 7) is 2.19. The van der Waals surface area contributed by atoms with E-state index in [4.69, 9.17) is 9.97 Å². The van der Waals surface area contributed by atoms with E-state index in [-0.39, 0.29) is 6.04 Å². The van der Waals surface area contributed by atoms with Crippen LogP contribution < -0.4 is 5.32 Å². The zero-order valence-corrected chi connectivity index (χ0v) is 16.7. The van der Waals surface area contributed by atoms with Crippen LogP contribution >= 0.6 is 11.3 Å². The van der Waals surface area contributed by atoms with E-state index in [0.29, 0.717) is 0 Å². The number of nitrogens with one attached hydrogen (secondary N) is 1. The molecule has 0 fully saturated rings. The van der Waals surface area contributed by atoms with Crippen molar-refractivity contribution in [2.45, 2.75) is 38.6 Å². The van der Waals surface area contributed by atoms with Gasteiger partial charge in [0, 0.05) is 28.9 Å². The van der Waals surface area contributed by atoms with Gasteiger partial charge in [-0.2, -0.15) is 0 Å². The molecule has 4 aromatic rings. The lowest BCUT2D eigenvalue weighted by molar-refractivity contribution is 0.700. The van der Waals surface area contributed by atoms with Gasteiger partial charge in [0.15, 0.2) is 5.82 Å². The van der Waals surface area contributed by atoms with Crippen molar-refractivity contribution in [3.63, 3.8) is 0 Å². The quantitative estimate of drug-likeness (QED) is 0.481. The van der Waals surface area contributed by atoms with Gasteiger partial charge in [0.2, 0.25) is 0 Å². The van der Waals surface area contributed by atoms with E-state index in [2.05, 4.69) is 47.6 Å². The van der Waals surface area contributed by atoms with Crippen LogP contribution in [0.15, 0.2) is 54.9 Å². The molecule has 0 saturated carbocycles. The molecule has 5 rings (SSSR count). The van der Waals surface area contributed by atoms with E-state index in [1.54, 1.807) is 6.20 Å². The summed E-state index contributed by atoms with van der Waals surface area (Å²) in [4.78, 5) is 16.7. The second-order valence-electron chi connectivity index (χ2n) is 7.31. The van der Waals surface area contributed by atoms with Crippen LogP contribution in [0.4, 0.5) is 5.82 Å². The van der Waals surface area contributed by atoms with Gasteiger partial charge in [0.25, 0.3) is 0 Å². The van der Waals surface area contributed by atoms with E-state index >= 15 is 0 Å². The Balaban J connectivity index is 1.65. The zero-order valence-electron chi connectivity index (χ0n) is 15.9. The molecule has 1 aliphatic rings. The number of rotatable bonds is 4. The molecule has 0 aliphatic heterocycles. The standard InChI is InChI=1S/C23H22N4S/c1-15(16-8-3-2-4-9-16)25-22-20-18-11-5-6-12-19(18)28-23(20)27-21(26-22)17-10-7-13-24-14-17/h2-4,7-10,13-15H,5-6,11-12H2,1H3,(H,25,26,27)/t15-/m1/s1. The summed E-state index contributed by atoms with van der Waals surface area (Å²) >= 11 is 1.83. The summed E-state index contributed by atoms with van der Waals surface area (Å²) in [5, 5.41) is 4.90. The highest BCUT2D eigenvalue weighted by Gasteiger charge is 2.22. The molecule has 0 saturated heterocycles. The molecule has 1 N–H and O–H groups in total. The van der Waals surface area contributed by atoms with Crippen LogP contribution in [0.3, 0.4) is 0 Å². The van der Waals surface area contributed by atoms with Crippen molar-refractivity contribution in [1.29, 1.82) is 0 Å². The second kappa shape index (κ2) is 7.32. The molecule has 1 atom stereocenters. The topological polar surface area (TPSA) is 50.7 Å². The van der Waals surface area contributed by atoms with Crippen molar-refractivity contribution < 1.29 is 0 Å². The van der Waals surface area contributed by atoms with Crippen molar-refractivity contribution in [2.75, 3.05) is 5.32 Å². The average Bonchev–Trinajstić information content (AvgIpc) is 3.13. The zero-order chi connectivity index (χ0) is 18.9. The fourth-order valence-corrected chi connectivity index (χ4v) is 5.18. The smallest absolute Gasteiger partial charge is 0.164 e. The highest BCUT2D eigenvalue weighted by atomic mass is 32.1. The van der Waals surface area contributed by atoms with E-state index < -0.39 is 0 Å². The number of aromatic nitrogens is 3. The average molecular weight is 387 g/mol. The first-order valence-corrected chi connectivity index (χ1v) is 10.7. The predicted molar refractivity (Wildman–Crippen MR) is 116 cm³/mol. The van der Waals surface area contributed by atoms with Crippen LogP contribution in [-0.2, 0) is 12.8 Å². The number of hydrogen-bond acceptors (Lipinski definition) is 5. The third kappa shape index (κ3) is 3.16. The number of benzene rings is 1. The molecule has 28 heavy (non-hydrogen) atoms. The monoisotopic (exact) mass is 386 g/mol. The summed E-state index contributed by atoms with van der Waals surface area (Å²) in [5.74, 6) is 1.68. The van der Waals surface area contributed by atoms with Gasteiger partial charge in [-0.1, -0.05) is 30.3 Å². The van der Waals surface area contributed by atoms with Gasteiger partial charge in [0.1, 0.15) is 10.6 Å². The number of pyridine rings is 1. The molecule has 3 aromatic heterocycles. The first-order valence-electron chi connectivity index (χ1n) is 9.84. The molecule has 0 unspecified atom stereocenters.